The first-order valence-corrected chi connectivity index (χ1v) is 10.8. The van der Waals surface area contributed by atoms with Gasteiger partial charge in [-0.05, 0) is 47.0 Å². The molecular formula is C21H24BrF2N3O3. The van der Waals surface area contributed by atoms with Gasteiger partial charge in [-0.15, -0.1) is 0 Å². The highest BCUT2D eigenvalue weighted by molar-refractivity contribution is 9.10. The molecule has 3 aliphatic rings. The maximum absolute atomic E-state index is 15.2. The highest BCUT2D eigenvalue weighted by Gasteiger charge is 2.71. The second-order valence-electron chi connectivity index (χ2n) is 8.63. The number of primary amides is 1. The minimum Gasteiger partial charge on any atom is -0.461 e. The number of hydrogen-bond acceptors (Lipinski definition) is 5. The van der Waals surface area contributed by atoms with Gasteiger partial charge in [0, 0.05) is 42.0 Å². The van der Waals surface area contributed by atoms with E-state index in [9.17, 15) is 9.59 Å². The fourth-order valence-electron chi connectivity index (χ4n) is 5.22. The SMILES string of the molecule is CC1OC(=O)C2(N3CC(C(N)=O)C3)CC(F)(F)C(C)C(C=Cc3ccc(Br)cn3)C12. The van der Waals surface area contributed by atoms with E-state index in [1.807, 2.05) is 6.07 Å². The maximum Gasteiger partial charge on any atom is 0.327 e. The maximum atomic E-state index is 15.2. The van der Waals surface area contributed by atoms with Crippen LogP contribution >= 0.6 is 15.9 Å². The molecule has 1 aromatic heterocycles. The zero-order valence-corrected chi connectivity index (χ0v) is 18.3. The Bertz CT molecular complexity index is 888. The van der Waals surface area contributed by atoms with Crippen LogP contribution in [0.3, 0.4) is 0 Å². The van der Waals surface area contributed by atoms with Crippen molar-refractivity contribution >= 4 is 33.9 Å². The molecule has 30 heavy (non-hydrogen) atoms. The van der Waals surface area contributed by atoms with Gasteiger partial charge in [-0.25, -0.2) is 8.78 Å². The van der Waals surface area contributed by atoms with Crippen molar-refractivity contribution in [3.8, 4) is 0 Å². The number of ether oxygens (including phenoxy) is 1. The number of esters is 1. The third-order valence-corrected chi connectivity index (χ3v) is 7.42. The smallest absolute Gasteiger partial charge is 0.327 e. The minimum atomic E-state index is -3.07. The first-order chi connectivity index (χ1) is 14.1. The number of pyridine rings is 1. The van der Waals surface area contributed by atoms with Gasteiger partial charge >= 0.3 is 5.97 Å². The molecule has 0 radical (unpaired) electrons. The molecule has 0 spiro atoms. The number of fused-ring (bicyclic) bond motifs is 1. The molecule has 2 saturated heterocycles. The van der Waals surface area contributed by atoms with Crippen LogP contribution in [0.4, 0.5) is 8.78 Å². The number of alkyl halides is 2. The molecule has 1 aromatic rings. The predicted molar refractivity (Wildman–Crippen MR) is 109 cm³/mol. The fourth-order valence-corrected chi connectivity index (χ4v) is 5.46. The number of cyclic esters (lactones) is 1. The summed E-state index contributed by atoms with van der Waals surface area (Å²) in [5, 5.41) is 0. The van der Waals surface area contributed by atoms with E-state index < -0.39 is 59.5 Å². The summed E-state index contributed by atoms with van der Waals surface area (Å²) in [7, 11) is 0. The number of rotatable bonds is 4. The van der Waals surface area contributed by atoms with Crippen molar-refractivity contribution in [1.29, 1.82) is 0 Å². The van der Waals surface area contributed by atoms with E-state index in [4.69, 9.17) is 10.5 Å². The Balaban J connectivity index is 1.71. The van der Waals surface area contributed by atoms with Crippen molar-refractivity contribution in [1.82, 2.24) is 9.88 Å². The molecule has 3 heterocycles. The summed E-state index contributed by atoms with van der Waals surface area (Å²) < 4.78 is 36.7. The monoisotopic (exact) mass is 483 g/mol. The van der Waals surface area contributed by atoms with E-state index in [0.717, 1.165) is 4.47 Å². The van der Waals surface area contributed by atoms with Crippen molar-refractivity contribution < 1.29 is 23.1 Å². The number of nitrogens with zero attached hydrogens (tertiary/aromatic N) is 2. The van der Waals surface area contributed by atoms with Crippen LogP contribution < -0.4 is 5.73 Å². The van der Waals surface area contributed by atoms with Gasteiger partial charge in [-0.2, -0.15) is 0 Å². The largest absolute Gasteiger partial charge is 0.461 e. The van der Waals surface area contributed by atoms with Gasteiger partial charge in [-0.3, -0.25) is 19.5 Å². The lowest BCUT2D eigenvalue weighted by Gasteiger charge is -2.56. The third-order valence-electron chi connectivity index (χ3n) is 6.95. The number of halogens is 3. The molecule has 2 aliphatic heterocycles. The van der Waals surface area contributed by atoms with Crippen LogP contribution in [-0.2, 0) is 14.3 Å². The molecule has 6 nitrogen and oxygen atoms in total. The van der Waals surface area contributed by atoms with Crippen LogP contribution in [0.5, 0.6) is 0 Å². The molecule has 1 saturated carbocycles. The van der Waals surface area contributed by atoms with Crippen LogP contribution in [0.15, 0.2) is 28.9 Å². The number of allylic oxidation sites excluding steroid dienone is 1. The van der Waals surface area contributed by atoms with Gasteiger partial charge in [0.05, 0.1) is 11.6 Å². The highest BCUT2D eigenvalue weighted by Crippen LogP contribution is 2.58. The van der Waals surface area contributed by atoms with Crippen molar-refractivity contribution in [2.24, 2.45) is 29.4 Å². The van der Waals surface area contributed by atoms with E-state index >= 15 is 8.78 Å². The van der Waals surface area contributed by atoms with E-state index in [1.54, 1.807) is 36.2 Å². The lowest BCUT2D eigenvalue weighted by atomic mass is 9.59. The topological polar surface area (TPSA) is 85.5 Å². The second-order valence-corrected chi connectivity index (χ2v) is 9.54. The molecule has 9 heteroatoms. The van der Waals surface area contributed by atoms with Crippen molar-refractivity contribution in [2.45, 2.75) is 37.8 Å². The van der Waals surface area contributed by atoms with E-state index in [2.05, 4.69) is 20.9 Å². The first-order valence-electron chi connectivity index (χ1n) is 9.99. The summed E-state index contributed by atoms with van der Waals surface area (Å²) in [6.45, 7) is 3.67. The van der Waals surface area contributed by atoms with Gasteiger partial charge in [0.2, 0.25) is 5.91 Å². The third kappa shape index (κ3) is 3.26. The first kappa shape index (κ1) is 21.4. The number of carbonyl (C=O) groups excluding carboxylic acids is 2. The number of likely N-dealkylation sites (tertiary alicyclic amines) is 1. The van der Waals surface area contributed by atoms with Crippen LogP contribution in [0.25, 0.3) is 6.08 Å². The lowest BCUT2D eigenvalue weighted by molar-refractivity contribution is -0.191. The lowest BCUT2D eigenvalue weighted by Crippen LogP contribution is -2.71. The molecule has 5 unspecified atom stereocenters. The Morgan fingerprint density at radius 1 is 1.37 bits per heavy atom. The average molecular weight is 484 g/mol. The number of amides is 1. The van der Waals surface area contributed by atoms with Gasteiger partial charge in [0.1, 0.15) is 11.6 Å². The molecule has 2 N–H and O–H groups in total. The molecular weight excluding hydrogens is 460 g/mol. The number of hydrogen-bond donors (Lipinski definition) is 1. The normalized spacial score (nSPS) is 36.4. The van der Waals surface area contributed by atoms with Gasteiger partial charge in [0.25, 0.3) is 5.92 Å². The van der Waals surface area contributed by atoms with Gasteiger partial charge in [-0.1, -0.05) is 13.0 Å². The zero-order chi connectivity index (χ0) is 21.8. The summed E-state index contributed by atoms with van der Waals surface area (Å²) >= 11 is 3.32. The van der Waals surface area contributed by atoms with Gasteiger partial charge < -0.3 is 10.5 Å². The quantitative estimate of drug-likeness (QED) is 0.665. The molecule has 1 amide bonds. The number of carbonyl (C=O) groups is 2. The number of aromatic nitrogens is 1. The molecule has 5 atom stereocenters. The summed E-state index contributed by atoms with van der Waals surface area (Å²) in [5.41, 5.74) is 4.54. The number of nitrogens with two attached hydrogens (primary N) is 1. The molecule has 4 rings (SSSR count). The fraction of sp³-hybridized carbons (Fsp3) is 0.571. The zero-order valence-electron chi connectivity index (χ0n) is 16.7. The molecule has 0 bridgehead atoms. The second kappa shape index (κ2) is 7.37. The highest BCUT2D eigenvalue weighted by atomic mass is 79.9. The van der Waals surface area contributed by atoms with Crippen LogP contribution in [0, 0.1) is 23.7 Å². The van der Waals surface area contributed by atoms with Crippen LogP contribution in [-0.4, -0.2) is 52.4 Å². The van der Waals surface area contributed by atoms with Crippen molar-refractivity contribution in [3.05, 3.63) is 34.6 Å². The minimum absolute atomic E-state index is 0.197. The summed E-state index contributed by atoms with van der Waals surface area (Å²) in [6, 6.07) is 3.61. The Morgan fingerprint density at radius 3 is 2.67 bits per heavy atom. The Kier molecular flexibility index (Phi) is 5.25. The molecule has 1 aliphatic carbocycles. The van der Waals surface area contributed by atoms with E-state index in [1.165, 1.54) is 6.92 Å². The Labute approximate surface area is 182 Å². The van der Waals surface area contributed by atoms with E-state index in [0.29, 0.717) is 5.69 Å². The molecule has 0 aromatic carbocycles. The molecule has 3 fully saturated rings. The average Bonchev–Trinajstić information content (AvgIpc) is 2.85. The van der Waals surface area contributed by atoms with E-state index in [-0.39, 0.29) is 13.1 Å². The van der Waals surface area contributed by atoms with Crippen molar-refractivity contribution in [2.75, 3.05) is 13.1 Å². The Hall–Kier alpha value is -1.87. The summed E-state index contributed by atoms with van der Waals surface area (Å²) in [6.07, 6.45) is 3.96. The Morgan fingerprint density at radius 2 is 2.07 bits per heavy atom. The van der Waals surface area contributed by atoms with Gasteiger partial charge in [0.15, 0.2) is 0 Å². The molecule has 162 valence electrons. The summed E-state index contributed by atoms with van der Waals surface area (Å²) in [4.78, 5) is 30.4. The summed E-state index contributed by atoms with van der Waals surface area (Å²) in [5.74, 6) is -6.65. The van der Waals surface area contributed by atoms with Crippen molar-refractivity contribution in [3.63, 3.8) is 0 Å². The predicted octanol–water partition coefficient (Wildman–Crippen LogP) is 2.87. The van der Waals surface area contributed by atoms with Crippen LogP contribution in [0.1, 0.15) is 26.0 Å². The standard InChI is InChI=1S/C21H24BrF2N3O3/c1-11-16(6-5-15-4-3-14(22)7-26-15)17-12(2)30-19(29)20(17,10-21(11,23)24)27-8-13(9-27)18(25)28/h3-7,11-13,16-17H,8-10H2,1-2H3,(H2,25,28). The van der Waals surface area contributed by atoms with Crippen LogP contribution in [0.2, 0.25) is 0 Å².